The number of halogens is 1. The van der Waals surface area contributed by atoms with Gasteiger partial charge in [-0.25, -0.2) is 19.2 Å². The van der Waals surface area contributed by atoms with Crippen LogP contribution in [-0.4, -0.2) is 38.6 Å². The second kappa shape index (κ2) is 7.00. The van der Waals surface area contributed by atoms with E-state index in [2.05, 4.69) is 35.4 Å². The van der Waals surface area contributed by atoms with Crippen LogP contribution in [0.3, 0.4) is 0 Å². The Morgan fingerprint density at radius 3 is 3.04 bits per heavy atom. The van der Waals surface area contributed by atoms with Crippen LogP contribution < -0.4 is 5.32 Å². The Hall–Kier alpha value is -2.92. The van der Waals surface area contributed by atoms with Crippen molar-refractivity contribution in [2.45, 2.75) is 13.5 Å². The summed E-state index contributed by atoms with van der Waals surface area (Å²) in [6, 6.07) is 2.99. The van der Waals surface area contributed by atoms with E-state index >= 15 is 0 Å². The number of carbonyl (C=O) groups excluding carboxylic acids is 1. The molecule has 0 unspecified atom stereocenters. The maximum Gasteiger partial charge on any atom is 0.407 e. The summed E-state index contributed by atoms with van der Waals surface area (Å²) in [7, 11) is 1.31. The molecule has 0 saturated carbocycles. The van der Waals surface area contributed by atoms with E-state index in [4.69, 9.17) is 0 Å². The monoisotopic (exact) mass is 404 g/mol. The first-order chi connectivity index (χ1) is 13.0. The lowest BCUT2D eigenvalue weighted by atomic mass is 10.2. The molecule has 0 aliphatic heterocycles. The number of amides is 1. The van der Waals surface area contributed by atoms with E-state index in [1.54, 1.807) is 6.07 Å². The SMILES string of the molecule is COC(=O)NCc1nc(C)c(-c2csc(-c3cc4nn[nH]c4cc3F)n2)s1. The molecule has 0 bridgehead atoms. The largest absolute Gasteiger partial charge is 0.453 e. The summed E-state index contributed by atoms with van der Waals surface area (Å²) in [5.41, 5.74) is 3.00. The van der Waals surface area contributed by atoms with Crippen LogP contribution >= 0.6 is 22.7 Å². The standard InChI is InChI=1S/C16H13FN6O2S2/c1-7-14(27-13(19-7)5-18-16(24)25-2)12-6-26-15(20-12)8-3-10-11(4-9(8)17)22-23-21-10/h3-4,6H,5H2,1-2H3,(H,18,24)(H,21,22,23). The number of thiazole rings is 2. The number of carbonyl (C=O) groups is 1. The van der Waals surface area contributed by atoms with Crippen molar-refractivity contribution in [1.82, 2.24) is 30.7 Å². The molecule has 0 radical (unpaired) electrons. The van der Waals surface area contributed by atoms with Crippen molar-refractivity contribution < 1.29 is 13.9 Å². The second-order valence-electron chi connectivity index (χ2n) is 5.57. The zero-order chi connectivity index (χ0) is 19.0. The van der Waals surface area contributed by atoms with Crippen LogP contribution in [0.1, 0.15) is 10.7 Å². The summed E-state index contributed by atoms with van der Waals surface area (Å²) in [4.78, 5) is 21.1. The number of alkyl carbamates (subject to hydrolysis) is 1. The van der Waals surface area contributed by atoms with Gasteiger partial charge in [0, 0.05) is 17.0 Å². The second-order valence-corrected chi connectivity index (χ2v) is 7.51. The van der Waals surface area contributed by atoms with Crippen molar-refractivity contribution >= 4 is 39.8 Å². The maximum absolute atomic E-state index is 14.4. The smallest absolute Gasteiger partial charge is 0.407 e. The summed E-state index contributed by atoms with van der Waals surface area (Å²) in [5, 5.41) is 16.0. The minimum Gasteiger partial charge on any atom is -0.453 e. The molecule has 138 valence electrons. The van der Waals surface area contributed by atoms with Gasteiger partial charge in [0.15, 0.2) is 0 Å². The zero-order valence-corrected chi connectivity index (χ0v) is 15.9. The van der Waals surface area contributed by atoms with E-state index in [1.165, 1.54) is 35.8 Å². The highest BCUT2D eigenvalue weighted by Gasteiger charge is 2.17. The molecule has 4 aromatic rings. The fourth-order valence-electron chi connectivity index (χ4n) is 2.52. The topological polar surface area (TPSA) is 106 Å². The number of fused-ring (bicyclic) bond motifs is 1. The first kappa shape index (κ1) is 17.5. The number of hydrogen-bond acceptors (Lipinski definition) is 8. The van der Waals surface area contributed by atoms with Gasteiger partial charge in [-0.2, -0.15) is 0 Å². The third-order valence-electron chi connectivity index (χ3n) is 3.79. The molecular weight excluding hydrogens is 391 g/mol. The predicted molar refractivity (Wildman–Crippen MR) is 100 cm³/mol. The van der Waals surface area contributed by atoms with E-state index in [-0.39, 0.29) is 6.54 Å². The first-order valence-corrected chi connectivity index (χ1v) is 9.49. The van der Waals surface area contributed by atoms with Gasteiger partial charge in [-0.3, -0.25) is 5.10 Å². The molecule has 0 aliphatic rings. The molecule has 1 aromatic carbocycles. The molecule has 0 saturated heterocycles. The highest BCUT2D eigenvalue weighted by molar-refractivity contribution is 7.16. The molecule has 0 fully saturated rings. The Kier molecular flexibility index (Phi) is 4.54. The van der Waals surface area contributed by atoms with Crippen molar-refractivity contribution in [1.29, 1.82) is 0 Å². The number of methoxy groups -OCH3 is 1. The number of rotatable bonds is 4. The first-order valence-electron chi connectivity index (χ1n) is 7.80. The number of aromatic nitrogens is 5. The Morgan fingerprint density at radius 2 is 2.22 bits per heavy atom. The van der Waals surface area contributed by atoms with Gasteiger partial charge in [-0.05, 0) is 13.0 Å². The molecule has 27 heavy (non-hydrogen) atoms. The van der Waals surface area contributed by atoms with E-state index in [0.717, 1.165) is 15.6 Å². The van der Waals surface area contributed by atoms with Gasteiger partial charge in [0.1, 0.15) is 21.3 Å². The lowest BCUT2D eigenvalue weighted by molar-refractivity contribution is 0.170. The molecule has 0 spiro atoms. The van der Waals surface area contributed by atoms with Gasteiger partial charge in [0.25, 0.3) is 0 Å². The van der Waals surface area contributed by atoms with Crippen molar-refractivity contribution in [2.75, 3.05) is 7.11 Å². The fraction of sp³-hybridized carbons (Fsp3) is 0.188. The molecule has 0 aliphatic carbocycles. The van der Waals surface area contributed by atoms with Gasteiger partial charge >= 0.3 is 6.09 Å². The van der Waals surface area contributed by atoms with Gasteiger partial charge in [0.05, 0.1) is 35.4 Å². The van der Waals surface area contributed by atoms with Crippen molar-refractivity contribution in [3.8, 4) is 21.1 Å². The number of ether oxygens (including phenoxy) is 1. The fourth-order valence-corrected chi connectivity index (χ4v) is 4.39. The van der Waals surface area contributed by atoms with Crippen LogP contribution in [-0.2, 0) is 11.3 Å². The number of hydrogen-bond donors (Lipinski definition) is 2. The molecule has 2 N–H and O–H groups in total. The van der Waals surface area contributed by atoms with Crippen molar-refractivity contribution in [3.05, 3.63) is 34.0 Å². The van der Waals surface area contributed by atoms with Crippen LogP contribution in [0.4, 0.5) is 9.18 Å². The molecule has 11 heteroatoms. The summed E-state index contributed by atoms with van der Waals surface area (Å²) >= 11 is 2.77. The third-order valence-corrected chi connectivity index (χ3v) is 5.85. The van der Waals surface area contributed by atoms with Crippen LogP contribution in [0.5, 0.6) is 0 Å². The van der Waals surface area contributed by atoms with Gasteiger partial charge in [-0.15, -0.1) is 27.8 Å². The van der Waals surface area contributed by atoms with E-state index in [9.17, 15) is 9.18 Å². The van der Waals surface area contributed by atoms with Crippen LogP contribution in [0.25, 0.3) is 32.2 Å². The number of nitrogens with zero attached hydrogens (tertiary/aromatic N) is 4. The molecule has 3 heterocycles. The van der Waals surface area contributed by atoms with Gasteiger partial charge in [0.2, 0.25) is 0 Å². The molecular formula is C16H13FN6O2S2. The van der Waals surface area contributed by atoms with E-state index < -0.39 is 11.9 Å². The van der Waals surface area contributed by atoms with E-state index in [0.29, 0.717) is 27.3 Å². The normalized spacial score (nSPS) is 11.1. The Morgan fingerprint density at radius 1 is 1.37 bits per heavy atom. The summed E-state index contributed by atoms with van der Waals surface area (Å²) in [5.74, 6) is -0.390. The Labute approximate surface area is 160 Å². The van der Waals surface area contributed by atoms with Crippen LogP contribution in [0.2, 0.25) is 0 Å². The van der Waals surface area contributed by atoms with Gasteiger partial charge < -0.3 is 10.1 Å². The lowest BCUT2D eigenvalue weighted by Crippen LogP contribution is -2.22. The van der Waals surface area contributed by atoms with Crippen molar-refractivity contribution in [2.24, 2.45) is 0 Å². The minimum absolute atomic E-state index is 0.270. The summed E-state index contributed by atoms with van der Waals surface area (Å²) < 4.78 is 19.0. The van der Waals surface area contributed by atoms with Crippen molar-refractivity contribution in [3.63, 3.8) is 0 Å². The highest BCUT2D eigenvalue weighted by Crippen LogP contribution is 2.35. The molecule has 8 nitrogen and oxygen atoms in total. The Bertz CT molecular complexity index is 1140. The Balaban J connectivity index is 1.63. The predicted octanol–water partition coefficient (Wildman–Crippen LogP) is 3.51. The quantitative estimate of drug-likeness (QED) is 0.539. The molecule has 1 amide bonds. The number of aromatic amines is 1. The van der Waals surface area contributed by atoms with Crippen LogP contribution in [0.15, 0.2) is 17.5 Å². The third kappa shape index (κ3) is 3.38. The number of aryl methyl sites for hydroxylation is 1. The number of H-pyrrole nitrogens is 1. The van der Waals surface area contributed by atoms with Gasteiger partial charge in [-0.1, -0.05) is 5.21 Å². The number of benzene rings is 1. The molecule has 0 atom stereocenters. The minimum atomic E-state index is -0.515. The highest BCUT2D eigenvalue weighted by atomic mass is 32.1. The average molecular weight is 404 g/mol. The summed E-state index contributed by atoms with van der Waals surface area (Å²) in [6.07, 6.45) is -0.515. The molecule has 4 rings (SSSR count). The average Bonchev–Trinajstić information content (AvgIpc) is 3.37. The molecule has 3 aromatic heterocycles. The summed E-state index contributed by atoms with van der Waals surface area (Å²) in [6.45, 7) is 2.14. The zero-order valence-electron chi connectivity index (χ0n) is 14.2. The van der Waals surface area contributed by atoms with Crippen LogP contribution in [0, 0.1) is 12.7 Å². The van der Waals surface area contributed by atoms with E-state index in [1.807, 2.05) is 12.3 Å². The number of nitrogens with one attached hydrogen (secondary N) is 2. The lowest BCUT2D eigenvalue weighted by Gasteiger charge is -1.99. The maximum atomic E-state index is 14.4.